The molecular weight excluding hydrogens is 315 g/mol. The van der Waals surface area contributed by atoms with Crippen LogP contribution < -0.4 is 34.3 Å². The standard InChI is InChI=1S/C15H22O5S.Na/c1-12(2)6-4-3-5-7-15(16)20-13-8-10-14(11-9-13)21(17,18)19;/h8-12H,3-7H2,1-2H3,(H,17,18,19);/q;+1/p-1. The minimum absolute atomic E-state index is 0. The van der Waals surface area contributed by atoms with E-state index in [1.807, 2.05) is 0 Å². The zero-order valence-corrected chi connectivity index (χ0v) is 16.2. The largest absolute Gasteiger partial charge is 1.00 e. The van der Waals surface area contributed by atoms with Gasteiger partial charge in [0.2, 0.25) is 0 Å². The minimum Gasteiger partial charge on any atom is -0.744 e. The number of hydrogen-bond acceptors (Lipinski definition) is 5. The molecule has 0 saturated carbocycles. The maximum atomic E-state index is 11.6. The number of carbonyl (C=O) groups excluding carboxylic acids is 1. The van der Waals surface area contributed by atoms with Crippen molar-refractivity contribution in [2.75, 3.05) is 0 Å². The molecule has 0 N–H and O–H groups in total. The first-order valence-corrected chi connectivity index (χ1v) is 8.46. The number of benzene rings is 1. The second-order valence-electron chi connectivity index (χ2n) is 5.39. The second-order valence-corrected chi connectivity index (χ2v) is 6.77. The van der Waals surface area contributed by atoms with E-state index >= 15 is 0 Å². The first kappa shape index (κ1) is 21.6. The fourth-order valence-corrected chi connectivity index (χ4v) is 2.32. The van der Waals surface area contributed by atoms with Gasteiger partial charge in [-0.1, -0.05) is 33.1 Å². The maximum absolute atomic E-state index is 11.6. The molecule has 118 valence electrons. The summed E-state index contributed by atoms with van der Waals surface area (Å²) in [5, 5.41) is 0. The molecule has 0 aliphatic carbocycles. The van der Waals surface area contributed by atoms with Crippen LogP contribution in [0.15, 0.2) is 29.2 Å². The third kappa shape index (κ3) is 8.90. The van der Waals surface area contributed by atoms with Crippen LogP contribution in [0.1, 0.15) is 46.0 Å². The van der Waals surface area contributed by atoms with Crippen LogP contribution in [0, 0.1) is 5.92 Å². The number of hydrogen-bond donors (Lipinski definition) is 0. The van der Waals surface area contributed by atoms with Crippen molar-refractivity contribution in [1.29, 1.82) is 0 Å². The Labute approximate surface area is 154 Å². The van der Waals surface area contributed by atoms with E-state index in [0.717, 1.165) is 37.8 Å². The summed E-state index contributed by atoms with van der Waals surface area (Å²) in [6.45, 7) is 4.33. The van der Waals surface area contributed by atoms with Gasteiger partial charge in [-0.25, -0.2) is 8.42 Å². The van der Waals surface area contributed by atoms with Crippen LogP contribution >= 0.6 is 0 Å². The summed E-state index contributed by atoms with van der Waals surface area (Å²) in [4.78, 5) is 11.3. The van der Waals surface area contributed by atoms with Gasteiger partial charge in [0.15, 0.2) is 0 Å². The quantitative estimate of drug-likeness (QED) is 0.221. The summed E-state index contributed by atoms with van der Waals surface area (Å²) in [7, 11) is -4.47. The molecule has 0 amide bonds. The Morgan fingerprint density at radius 3 is 2.23 bits per heavy atom. The molecule has 1 rings (SSSR count). The number of ether oxygens (including phenoxy) is 1. The molecule has 5 nitrogen and oxygen atoms in total. The van der Waals surface area contributed by atoms with Crippen molar-refractivity contribution in [3.8, 4) is 5.75 Å². The van der Waals surface area contributed by atoms with E-state index in [1.165, 1.54) is 12.1 Å². The van der Waals surface area contributed by atoms with Gasteiger partial charge >= 0.3 is 35.5 Å². The van der Waals surface area contributed by atoms with Gasteiger partial charge in [0, 0.05) is 6.42 Å². The summed E-state index contributed by atoms with van der Waals surface area (Å²) in [6, 6.07) is 4.88. The van der Waals surface area contributed by atoms with Crippen molar-refractivity contribution in [1.82, 2.24) is 0 Å². The third-order valence-electron chi connectivity index (χ3n) is 3.01. The summed E-state index contributed by atoms with van der Waals surface area (Å²) >= 11 is 0. The van der Waals surface area contributed by atoms with Gasteiger partial charge < -0.3 is 9.29 Å². The SMILES string of the molecule is CC(C)CCCCCC(=O)Oc1ccc(S(=O)(=O)[O-])cc1.[Na+]. The van der Waals surface area contributed by atoms with Crippen LogP contribution in [-0.4, -0.2) is 18.9 Å². The number of carbonyl (C=O) groups is 1. The molecule has 0 aliphatic rings. The van der Waals surface area contributed by atoms with E-state index in [9.17, 15) is 17.8 Å². The Bertz CT molecular complexity index is 552. The van der Waals surface area contributed by atoms with E-state index in [-0.39, 0.29) is 46.2 Å². The van der Waals surface area contributed by atoms with Crippen molar-refractivity contribution in [3.05, 3.63) is 24.3 Å². The van der Waals surface area contributed by atoms with Crippen LogP contribution in [0.5, 0.6) is 5.75 Å². The Morgan fingerprint density at radius 1 is 1.14 bits per heavy atom. The van der Waals surface area contributed by atoms with Crippen molar-refractivity contribution in [3.63, 3.8) is 0 Å². The van der Waals surface area contributed by atoms with E-state index in [0.29, 0.717) is 12.3 Å². The Hall–Kier alpha value is -0.400. The van der Waals surface area contributed by atoms with Crippen LogP contribution in [0.25, 0.3) is 0 Å². The first-order chi connectivity index (χ1) is 9.79. The monoisotopic (exact) mass is 336 g/mol. The van der Waals surface area contributed by atoms with E-state index < -0.39 is 10.1 Å². The predicted molar refractivity (Wildman–Crippen MR) is 78.0 cm³/mol. The van der Waals surface area contributed by atoms with Crippen molar-refractivity contribution in [2.24, 2.45) is 5.92 Å². The molecule has 1 aromatic rings. The third-order valence-corrected chi connectivity index (χ3v) is 3.86. The molecular formula is C15H21NaO5S. The molecule has 0 aromatic heterocycles. The topological polar surface area (TPSA) is 83.5 Å². The van der Waals surface area contributed by atoms with Crippen LogP contribution in [0.4, 0.5) is 0 Å². The minimum atomic E-state index is -4.47. The van der Waals surface area contributed by atoms with Gasteiger partial charge in [-0.15, -0.1) is 0 Å². The average Bonchev–Trinajstić information content (AvgIpc) is 2.37. The Morgan fingerprint density at radius 2 is 1.73 bits per heavy atom. The molecule has 7 heteroatoms. The molecule has 0 radical (unpaired) electrons. The molecule has 0 heterocycles. The number of esters is 1. The van der Waals surface area contributed by atoms with E-state index in [1.54, 1.807) is 0 Å². The Balaban J connectivity index is 0.00000441. The molecule has 0 aliphatic heterocycles. The molecule has 22 heavy (non-hydrogen) atoms. The van der Waals surface area contributed by atoms with Crippen molar-refractivity contribution in [2.45, 2.75) is 50.8 Å². The number of rotatable bonds is 8. The molecule has 0 fully saturated rings. The average molecular weight is 336 g/mol. The van der Waals surface area contributed by atoms with Crippen molar-refractivity contribution >= 4 is 16.1 Å². The number of unbranched alkanes of at least 4 members (excludes halogenated alkanes) is 2. The van der Waals surface area contributed by atoms with E-state index in [4.69, 9.17) is 4.74 Å². The zero-order chi connectivity index (χ0) is 15.9. The Kier molecular flexibility index (Phi) is 10.2. The fraction of sp³-hybridized carbons (Fsp3) is 0.533. The zero-order valence-electron chi connectivity index (χ0n) is 13.4. The van der Waals surface area contributed by atoms with Gasteiger partial charge in [-0.2, -0.15) is 0 Å². The molecule has 0 bridgehead atoms. The summed E-state index contributed by atoms with van der Waals surface area (Å²) in [6.07, 6.45) is 4.35. The molecule has 0 spiro atoms. The predicted octanol–water partition coefficient (Wildman–Crippen LogP) is 0.107. The second kappa shape index (κ2) is 10.4. The van der Waals surface area contributed by atoms with Gasteiger partial charge in [0.25, 0.3) is 0 Å². The van der Waals surface area contributed by atoms with Crippen molar-refractivity contribution < 1.29 is 52.1 Å². The summed E-state index contributed by atoms with van der Waals surface area (Å²) < 4.78 is 37.3. The maximum Gasteiger partial charge on any atom is 1.00 e. The molecule has 0 saturated heterocycles. The molecule has 0 atom stereocenters. The smallest absolute Gasteiger partial charge is 0.744 e. The van der Waals surface area contributed by atoms with Gasteiger partial charge in [-0.05, 0) is 36.6 Å². The summed E-state index contributed by atoms with van der Waals surface area (Å²) in [5.74, 6) is 0.569. The molecule has 0 unspecified atom stereocenters. The van der Waals surface area contributed by atoms with E-state index in [2.05, 4.69) is 13.8 Å². The van der Waals surface area contributed by atoms with Crippen LogP contribution in [0.2, 0.25) is 0 Å². The summed E-state index contributed by atoms with van der Waals surface area (Å²) in [5.41, 5.74) is 0. The molecule has 1 aromatic carbocycles. The van der Waals surface area contributed by atoms with Crippen LogP contribution in [-0.2, 0) is 14.9 Å². The normalized spacial score (nSPS) is 11.1. The first-order valence-electron chi connectivity index (χ1n) is 7.05. The van der Waals surface area contributed by atoms with Gasteiger partial charge in [-0.3, -0.25) is 4.79 Å². The van der Waals surface area contributed by atoms with Gasteiger partial charge in [0.1, 0.15) is 15.9 Å². The fourth-order valence-electron chi connectivity index (χ4n) is 1.86. The van der Waals surface area contributed by atoms with Gasteiger partial charge in [0.05, 0.1) is 4.90 Å². The van der Waals surface area contributed by atoms with Crippen LogP contribution in [0.3, 0.4) is 0 Å².